The van der Waals surface area contributed by atoms with Crippen molar-refractivity contribution in [2.45, 2.75) is 15.0 Å². The van der Waals surface area contributed by atoms with Crippen LogP contribution in [0.15, 0.2) is 29.2 Å². The van der Waals surface area contributed by atoms with Crippen LogP contribution in [0.2, 0.25) is 5.02 Å². The fourth-order valence-electron chi connectivity index (χ4n) is 1.57. The SMILES string of the molecule is O=S1(=O)C[C@H](Sc2ccc(Cl)cc2)[C@@H](Br)C1. The van der Waals surface area contributed by atoms with E-state index in [1.54, 1.807) is 11.8 Å². The maximum Gasteiger partial charge on any atom is 0.152 e. The highest BCUT2D eigenvalue weighted by atomic mass is 79.9. The highest BCUT2D eigenvalue weighted by molar-refractivity contribution is 9.09. The normalized spacial score (nSPS) is 28.1. The summed E-state index contributed by atoms with van der Waals surface area (Å²) in [5.74, 6) is 0.481. The van der Waals surface area contributed by atoms with Gasteiger partial charge in [-0.2, -0.15) is 0 Å². The first-order valence-corrected chi connectivity index (χ1v) is 8.72. The van der Waals surface area contributed by atoms with Crippen LogP contribution >= 0.6 is 39.3 Å². The Hall–Kier alpha value is 0.290. The Labute approximate surface area is 113 Å². The van der Waals surface area contributed by atoms with E-state index in [1.807, 2.05) is 24.3 Å². The number of halogens is 2. The number of sulfone groups is 1. The van der Waals surface area contributed by atoms with Gasteiger partial charge in [0.25, 0.3) is 0 Å². The minimum atomic E-state index is -2.87. The van der Waals surface area contributed by atoms with Gasteiger partial charge in [-0.15, -0.1) is 11.8 Å². The molecule has 1 aromatic carbocycles. The zero-order chi connectivity index (χ0) is 11.8. The molecule has 0 spiro atoms. The van der Waals surface area contributed by atoms with Gasteiger partial charge in [-0.3, -0.25) is 0 Å². The molecule has 2 rings (SSSR count). The van der Waals surface area contributed by atoms with Crippen LogP contribution in [0, 0.1) is 0 Å². The highest BCUT2D eigenvalue weighted by Crippen LogP contribution is 2.34. The summed E-state index contributed by atoms with van der Waals surface area (Å²) >= 11 is 10.8. The van der Waals surface area contributed by atoms with Crippen molar-refractivity contribution in [2.75, 3.05) is 11.5 Å². The van der Waals surface area contributed by atoms with Gasteiger partial charge in [-0.1, -0.05) is 27.5 Å². The van der Waals surface area contributed by atoms with Crippen molar-refractivity contribution in [1.82, 2.24) is 0 Å². The second-order valence-corrected chi connectivity index (χ2v) is 8.78. The molecule has 0 N–H and O–H groups in total. The Balaban J connectivity index is 2.08. The fraction of sp³-hybridized carbons (Fsp3) is 0.400. The average molecular weight is 342 g/mol. The van der Waals surface area contributed by atoms with E-state index in [0.717, 1.165) is 4.90 Å². The Morgan fingerprint density at radius 2 is 1.88 bits per heavy atom. The minimum Gasteiger partial charge on any atom is -0.229 e. The first kappa shape index (κ1) is 12.7. The van der Waals surface area contributed by atoms with Gasteiger partial charge < -0.3 is 0 Å². The third-order valence-corrected chi connectivity index (χ3v) is 7.62. The van der Waals surface area contributed by atoms with E-state index in [4.69, 9.17) is 11.6 Å². The number of benzene rings is 1. The van der Waals surface area contributed by atoms with Gasteiger partial charge in [-0.05, 0) is 24.3 Å². The molecule has 0 radical (unpaired) electrons. The maximum atomic E-state index is 11.4. The average Bonchev–Trinajstić information content (AvgIpc) is 2.44. The summed E-state index contributed by atoms with van der Waals surface area (Å²) < 4.78 is 22.9. The Morgan fingerprint density at radius 1 is 1.25 bits per heavy atom. The second-order valence-electron chi connectivity index (χ2n) is 3.70. The van der Waals surface area contributed by atoms with Crippen LogP contribution in [0.1, 0.15) is 0 Å². The predicted octanol–water partition coefficient (Wildman–Crippen LogP) is 2.99. The van der Waals surface area contributed by atoms with Crippen LogP contribution in [0.25, 0.3) is 0 Å². The van der Waals surface area contributed by atoms with Crippen molar-refractivity contribution in [3.8, 4) is 0 Å². The van der Waals surface area contributed by atoms with Gasteiger partial charge in [-0.25, -0.2) is 8.42 Å². The fourth-order valence-corrected chi connectivity index (χ4v) is 7.15. The van der Waals surface area contributed by atoms with E-state index in [1.165, 1.54) is 0 Å². The van der Waals surface area contributed by atoms with E-state index in [-0.39, 0.29) is 21.6 Å². The smallest absolute Gasteiger partial charge is 0.152 e. The second kappa shape index (κ2) is 4.88. The molecule has 88 valence electrons. The van der Waals surface area contributed by atoms with Crippen LogP contribution in [-0.2, 0) is 9.84 Å². The lowest BCUT2D eigenvalue weighted by Gasteiger charge is -2.11. The van der Waals surface area contributed by atoms with Gasteiger partial charge >= 0.3 is 0 Å². The molecule has 1 aliphatic heterocycles. The number of hydrogen-bond donors (Lipinski definition) is 0. The van der Waals surface area contributed by atoms with E-state index in [0.29, 0.717) is 5.02 Å². The topological polar surface area (TPSA) is 34.1 Å². The molecular formula is C10H10BrClO2S2. The highest BCUT2D eigenvalue weighted by Gasteiger charge is 2.36. The van der Waals surface area contributed by atoms with Crippen molar-refractivity contribution in [3.63, 3.8) is 0 Å². The Bertz CT molecular complexity index is 472. The van der Waals surface area contributed by atoms with Crippen LogP contribution in [0.3, 0.4) is 0 Å². The number of hydrogen-bond acceptors (Lipinski definition) is 3. The van der Waals surface area contributed by atoms with Crippen molar-refractivity contribution >= 4 is 49.1 Å². The van der Waals surface area contributed by atoms with Crippen molar-refractivity contribution in [2.24, 2.45) is 0 Å². The minimum absolute atomic E-state index is 0.0400. The molecule has 0 aliphatic carbocycles. The quantitative estimate of drug-likeness (QED) is 0.776. The maximum absolute atomic E-state index is 11.4. The first-order chi connectivity index (χ1) is 7.46. The van der Waals surface area contributed by atoms with Gasteiger partial charge in [0, 0.05) is 20.0 Å². The molecule has 1 fully saturated rings. The standard InChI is InChI=1S/C10H10BrClO2S2/c11-9-5-16(13,14)6-10(9)15-8-3-1-7(12)2-4-8/h1-4,9-10H,5-6H2/t9-,10-/m0/s1. The van der Waals surface area contributed by atoms with Crippen LogP contribution in [0.4, 0.5) is 0 Å². The monoisotopic (exact) mass is 340 g/mol. The summed E-state index contributed by atoms with van der Waals surface area (Å²) in [5.41, 5.74) is 0. The van der Waals surface area contributed by atoms with Crippen LogP contribution < -0.4 is 0 Å². The zero-order valence-electron chi connectivity index (χ0n) is 8.27. The van der Waals surface area contributed by atoms with Crippen molar-refractivity contribution in [1.29, 1.82) is 0 Å². The van der Waals surface area contributed by atoms with Gasteiger partial charge in [0.05, 0.1) is 11.5 Å². The molecule has 1 heterocycles. The molecule has 0 amide bonds. The lowest BCUT2D eigenvalue weighted by Crippen LogP contribution is -2.13. The Morgan fingerprint density at radius 3 is 2.38 bits per heavy atom. The third kappa shape index (κ3) is 3.15. The Kier molecular flexibility index (Phi) is 3.89. The molecular weight excluding hydrogens is 332 g/mol. The van der Waals surface area contributed by atoms with E-state index < -0.39 is 9.84 Å². The predicted molar refractivity (Wildman–Crippen MR) is 72.5 cm³/mol. The van der Waals surface area contributed by atoms with E-state index in [2.05, 4.69) is 15.9 Å². The van der Waals surface area contributed by atoms with Crippen molar-refractivity contribution < 1.29 is 8.42 Å². The lowest BCUT2D eigenvalue weighted by molar-refractivity contribution is 0.602. The number of rotatable bonds is 2. The molecule has 1 aromatic rings. The van der Waals surface area contributed by atoms with E-state index in [9.17, 15) is 8.42 Å². The van der Waals surface area contributed by atoms with Gasteiger partial charge in [0.15, 0.2) is 9.84 Å². The molecule has 0 unspecified atom stereocenters. The number of alkyl halides is 1. The van der Waals surface area contributed by atoms with Crippen LogP contribution in [0.5, 0.6) is 0 Å². The van der Waals surface area contributed by atoms with Crippen molar-refractivity contribution in [3.05, 3.63) is 29.3 Å². The summed E-state index contributed by atoms with van der Waals surface area (Å²) in [7, 11) is -2.87. The summed E-state index contributed by atoms with van der Waals surface area (Å²) in [4.78, 5) is 1.09. The largest absolute Gasteiger partial charge is 0.229 e. The number of thioether (sulfide) groups is 1. The summed E-state index contributed by atoms with van der Waals surface area (Å²) in [6.07, 6.45) is 0. The molecule has 6 heteroatoms. The lowest BCUT2D eigenvalue weighted by atomic mass is 10.4. The molecule has 1 aliphatic rings. The molecule has 16 heavy (non-hydrogen) atoms. The summed E-state index contributed by atoms with van der Waals surface area (Å²) in [5, 5.41) is 0.782. The molecule has 2 nitrogen and oxygen atoms in total. The molecule has 2 atom stereocenters. The van der Waals surface area contributed by atoms with Gasteiger partial charge in [0.1, 0.15) is 0 Å². The summed E-state index contributed by atoms with van der Waals surface area (Å²) in [6, 6.07) is 7.46. The molecule has 0 bridgehead atoms. The third-order valence-electron chi connectivity index (χ3n) is 2.34. The zero-order valence-corrected chi connectivity index (χ0v) is 12.2. The molecule has 1 saturated heterocycles. The molecule has 0 saturated carbocycles. The summed E-state index contributed by atoms with van der Waals surface area (Å²) in [6.45, 7) is 0. The van der Waals surface area contributed by atoms with Crippen LogP contribution in [-0.4, -0.2) is 30.0 Å². The van der Waals surface area contributed by atoms with E-state index >= 15 is 0 Å². The van der Waals surface area contributed by atoms with Gasteiger partial charge in [0.2, 0.25) is 0 Å². The first-order valence-electron chi connectivity index (χ1n) is 4.73. The molecule has 0 aromatic heterocycles.